The van der Waals surface area contributed by atoms with Gasteiger partial charge in [-0.2, -0.15) is 0 Å². The van der Waals surface area contributed by atoms with Crippen LogP contribution in [0, 0.1) is 0 Å². The zero-order chi connectivity index (χ0) is 7.82. The van der Waals surface area contributed by atoms with Crippen molar-refractivity contribution < 1.29 is 5.11 Å². The van der Waals surface area contributed by atoms with Gasteiger partial charge in [-0.15, -0.1) is 0 Å². The van der Waals surface area contributed by atoms with Crippen LogP contribution in [0.1, 0.15) is 33.1 Å². The molecule has 0 aliphatic rings. The molecule has 2 N–H and O–H groups in total. The second-order valence-electron chi connectivity index (χ2n) is 2.39. The molecule has 0 bridgehead atoms. The third-order valence-corrected chi connectivity index (χ3v) is 1.18. The van der Waals surface area contributed by atoms with Crippen molar-refractivity contribution in [3.05, 3.63) is 12.3 Å². The van der Waals surface area contributed by atoms with Crippen molar-refractivity contribution in [1.29, 1.82) is 0 Å². The molecule has 2 nitrogen and oxygen atoms in total. The lowest BCUT2D eigenvalue weighted by atomic mass is 10.2. The number of rotatable bonds is 5. The van der Waals surface area contributed by atoms with Gasteiger partial charge >= 0.3 is 0 Å². The van der Waals surface area contributed by atoms with Crippen molar-refractivity contribution >= 4 is 0 Å². The van der Waals surface area contributed by atoms with Crippen molar-refractivity contribution in [2.45, 2.75) is 39.3 Å². The monoisotopic (exact) mass is 143 g/mol. The van der Waals surface area contributed by atoms with Gasteiger partial charge in [0.15, 0.2) is 0 Å². The molecule has 0 rings (SSSR count). The summed E-state index contributed by atoms with van der Waals surface area (Å²) in [6.07, 6.45) is 6.95. The molecule has 1 atom stereocenters. The first kappa shape index (κ1) is 9.50. The molecule has 0 amide bonds. The normalized spacial score (nSPS) is 13.9. The van der Waals surface area contributed by atoms with Gasteiger partial charge < -0.3 is 10.4 Å². The van der Waals surface area contributed by atoms with E-state index in [4.69, 9.17) is 5.11 Å². The van der Waals surface area contributed by atoms with Crippen LogP contribution in [0.15, 0.2) is 12.3 Å². The van der Waals surface area contributed by atoms with Gasteiger partial charge in [0.25, 0.3) is 0 Å². The molecular formula is C8H17NO. The molecule has 0 radical (unpaired) electrons. The Hall–Kier alpha value is -0.500. The quantitative estimate of drug-likeness (QED) is 0.453. The van der Waals surface area contributed by atoms with Crippen LogP contribution < -0.4 is 5.32 Å². The van der Waals surface area contributed by atoms with Gasteiger partial charge in [-0.05, 0) is 19.5 Å². The predicted octanol–water partition coefficient (Wildman–Crippen LogP) is 1.62. The van der Waals surface area contributed by atoms with Crippen LogP contribution in [-0.2, 0) is 0 Å². The smallest absolute Gasteiger partial charge is 0.121 e. The van der Waals surface area contributed by atoms with E-state index in [1.54, 1.807) is 13.1 Å². The Morgan fingerprint density at radius 1 is 1.60 bits per heavy atom. The topological polar surface area (TPSA) is 32.3 Å². The summed E-state index contributed by atoms with van der Waals surface area (Å²) in [6, 6.07) is 0. The molecule has 0 aliphatic heterocycles. The SMILES string of the molecule is CCCCC=CNC(C)O. The molecule has 0 saturated carbocycles. The van der Waals surface area contributed by atoms with E-state index in [0.717, 1.165) is 6.42 Å². The number of nitrogens with one attached hydrogen (secondary N) is 1. The average molecular weight is 143 g/mol. The molecule has 0 aromatic carbocycles. The lowest BCUT2D eigenvalue weighted by Crippen LogP contribution is -2.18. The van der Waals surface area contributed by atoms with E-state index in [1.165, 1.54) is 12.8 Å². The van der Waals surface area contributed by atoms with Gasteiger partial charge in [0.2, 0.25) is 0 Å². The largest absolute Gasteiger partial charge is 0.374 e. The Bertz CT molecular complexity index is 89.3. The highest BCUT2D eigenvalue weighted by Gasteiger charge is 1.83. The third-order valence-electron chi connectivity index (χ3n) is 1.18. The van der Waals surface area contributed by atoms with Gasteiger partial charge in [-0.1, -0.05) is 25.8 Å². The Morgan fingerprint density at radius 2 is 2.30 bits per heavy atom. The Morgan fingerprint density at radius 3 is 2.80 bits per heavy atom. The summed E-state index contributed by atoms with van der Waals surface area (Å²) < 4.78 is 0. The summed E-state index contributed by atoms with van der Waals surface area (Å²) >= 11 is 0. The zero-order valence-electron chi connectivity index (χ0n) is 6.80. The van der Waals surface area contributed by atoms with Crippen LogP contribution in [0.3, 0.4) is 0 Å². The minimum absolute atomic E-state index is 0.433. The highest BCUT2D eigenvalue weighted by molar-refractivity contribution is 4.79. The molecule has 0 spiro atoms. The summed E-state index contributed by atoms with van der Waals surface area (Å²) in [5.74, 6) is 0. The molecule has 2 heteroatoms. The van der Waals surface area contributed by atoms with Crippen LogP contribution >= 0.6 is 0 Å². The summed E-state index contributed by atoms with van der Waals surface area (Å²) in [6.45, 7) is 3.86. The predicted molar refractivity (Wildman–Crippen MR) is 43.5 cm³/mol. The number of unbranched alkanes of at least 4 members (excludes halogenated alkanes) is 2. The first-order valence-corrected chi connectivity index (χ1v) is 3.86. The van der Waals surface area contributed by atoms with Crippen LogP contribution in [-0.4, -0.2) is 11.3 Å². The molecule has 0 aromatic rings. The number of aliphatic hydroxyl groups excluding tert-OH is 1. The zero-order valence-corrected chi connectivity index (χ0v) is 6.80. The summed E-state index contributed by atoms with van der Waals surface area (Å²) in [7, 11) is 0. The Kier molecular flexibility index (Phi) is 6.29. The Balaban J connectivity index is 3.04. The van der Waals surface area contributed by atoms with E-state index in [0.29, 0.717) is 0 Å². The van der Waals surface area contributed by atoms with Gasteiger partial charge in [-0.3, -0.25) is 0 Å². The van der Waals surface area contributed by atoms with E-state index in [-0.39, 0.29) is 0 Å². The third kappa shape index (κ3) is 7.50. The van der Waals surface area contributed by atoms with Crippen molar-refractivity contribution in [2.24, 2.45) is 0 Å². The van der Waals surface area contributed by atoms with E-state index in [2.05, 4.69) is 12.2 Å². The highest BCUT2D eigenvalue weighted by atomic mass is 16.3. The second kappa shape index (κ2) is 6.62. The minimum atomic E-state index is -0.433. The van der Waals surface area contributed by atoms with Crippen molar-refractivity contribution in [2.75, 3.05) is 0 Å². The van der Waals surface area contributed by atoms with Gasteiger partial charge in [0.05, 0.1) is 0 Å². The van der Waals surface area contributed by atoms with E-state index < -0.39 is 6.23 Å². The van der Waals surface area contributed by atoms with E-state index in [9.17, 15) is 0 Å². The van der Waals surface area contributed by atoms with Gasteiger partial charge in [-0.25, -0.2) is 0 Å². The minimum Gasteiger partial charge on any atom is -0.374 e. The average Bonchev–Trinajstić information content (AvgIpc) is 1.87. The summed E-state index contributed by atoms with van der Waals surface area (Å²) in [5.41, 5.74) is 0. The van der Waals surface area contributed by atoms with Crippen molar-refractivity contribution in [1.82, 2.24) is 5.32 Å². The molecule has 0 aliphatic carbocycles. The van der Waals surface area contributed by atoms with Gasteiger partial charge in [0, 0.05) is 0 Å². The van der Waals surface area contributed by atoms with E-state index >= 15 is 0 Å². The number of hydrogen-bond donors (Lipinski definition) is 2. The first-order chi connectivity index (χ1) is 4.77. The summed E-state index contributed by atoms with van der Waals surface area (Å²) in [5, 5.41) is 11.5. The highest BCUT2D eigenvalue weighted by Crippen LogP contribution is 1.93. The standard InChI is InChI=1S/C8H17NO/c1-3-4-5-6-7-9-8(2)10/h6-10H,3-5H2,1-2H3. The summed E-state index contributed by atoms with van der Waals surface area (Å²) in [4.78, 5) is 0. The number of hydrogen-bond acceptors (Lipinski definition) is 2. The molecule has 0 heterocycles. The maximum absolute atomic E-state index is 8.75. The fourth-order valence-electron chi connectivity index (χ4n) is 0.613. The maximum Gasteiger partial charge on any atom is 0.121 e. The fraction of sp³-hybridized carbons (Fsp3) is 0.750. The first-order valence-electron chi connectivity index (χ1n) is 3.86. The van der Waals surface area contributed by atoms with Crippen molar-refractivity contribution in [3.63, 3.8) is 0 Å². The fourth-order valence-corrected chi connectivity index (χ4v) is 0.613. The van der Waals surface area contributed by atoms with E-state index in [1.807, 2.05) is 6.08 Å². The van der Waals surface area contributed by atoms with Crippen LogP contribution in [0.2, 0.25) is 0 Å². The van der Waals surface area contributed by atoms with Gasteiger partial charge in [0.1, 0.15) is 6.23 Å². The lowest BCUT2D eigenvalue weighted by Gasteiger charge is -2.00. The van der Waals surface area contributed by atoms with Crippen LogP contribution in [0.25, 0.3) is 0 Å². The molecular weight excluding hydrogens is 126 g/mol. The lowest BCUT2D eigenvalue weighted by molar-refractivity contribution is 0.173. The molecule has 0 fully saturated rings. The molecule has 0 saturated heterocycles. The molecule has 10 heavy (non-hydrogen) atoms. The number of aliphatic hydroxyl groups is 1. The van der Waals surface area contributed by atoms with Crippen molar-refractivity contribution in [3.8, 4) is 0 Å². The Labute approximate surface area is 62.9 Å². The number of allylic oxidation sites excluding steroid dienone is 1. The van der Waals surface area contributed by atoms with Crippen LogP contribution in [0.4, 0.5) is 0 Å². The van der Waals surface area contributed by atoms with Crippen LogP contribution in [0.5, 0.6) is 0 Å². The molecule has 60 valence electrons. The molecule has 0 aromatic heterocycles. The maximum atomic E-state index is 8.75. The second-order valence-corrected chi connectivity index (χ2v) is 2.39. The molecule has 1 unspecified atom stereocenters.